The molecule has 0 aliphatic carbocycles. The molecule has 0 aliphatic rings. The molecule has 0 atom stereocenters. The van der Waals surface area contributed by atoms with E-state index >= 15 is 0 Å². The van der Waals surface area contributed by atoms with Crippen molar-refractivity contribution in [3.8, 4) is 0 Å². The maximum atomic E-state index is 2.33. The first-order valence-electron chi connectivity index (χ1n) is 6.75. The molecule has 0 bridgehead atoms. The van der Waals surface area contributed by atoms with Crippen LogP contribution in [-0.2, 0) is 6.54 Å². The lowest BCUT2D eigenvalue weighted by Crippen LogP contribution is -1.98. The number of rotatable bonds is 2. The second-order valence-corrected chi connectivity index (χ2v) is 5.45. The molecule has 2 aromatic carbocycles. The minimum absolute atomic E-state index is 0.940. The summed E-state index contributed by atoms with van der Waals surface area (Å²) in [6.45, 7) is 7.43. The summed E-state index contributed by atoms with van der Waals surface area (Å²) in [5.41, 5.74) is 6.71. The topological polar surface area (TPSA) is 4.93 Å². The fourth-order valence-corrected chi connectivity index (χ4v) is 2.87. The molecule has 3 rings (SSSR count). The number of hydrogen-bond acceptors (Lipinski definition) is 0. The monoisotopic (exact) mass is 249 g/mol. The summed E-state index contributed by atoms with van der Waals surface area (Å²) in [5, 5.41) is 1.35. The lowest BCUT2D eigenvalue weighted by molar-refractivity contribution is 0.834. The Morgan fingerprint density at radius 2 is 1.63 bits per heavy atom. The van der Waals surface area contributed by atoms with Crippen LogP contribution in [0.5, 0.6) is 0 Å². The van der Waals surface area contributed by atoms with Gasteiger partial charge in [0.15, 0.2) is 0 Å². The third-order valence-electron chi connectivity index (χ3n) is 3.67. The van der Waals surface area contributed by atoms with Crippen molar-refractivity contribution in [3.05, 3.63) is 70.9 Å². The average molecular weight is 249 g/mol. The Morgan fingerprint density at radius 3 is 2.37 bits per heavy atom. The summed E-state index contributed by atoms with van der Waals surface area (Å²) in [7, 11) is 0. The summed E-state index contributed by atoms with van der Waals surface area (Å²) in [5.74, 6) is 0. The maximum Gasteiger partial charge on any atom is 0.0486 e. The Labute approximate surface area is 114 Å². The molecule has 0 saturated heterocycles. The smallest absolute Gasteiger partial charge is 0.0486 e. The Morgan fingerprint density at radius 1 is 0.895 bits per heavy atom. The number of fused-ring (bicyclic) bond motifs is 1. The summed E-state index contributed by atoms with van der Waals surface area (Å²) in [4.78, 5) is 0. The van der Waals surface area contributed by atoms with E-state index in [-0.39, 0.29) is 0 Å². The Balaban J connectivity index is 2.04. The summed E-state index contributed by atoms with van der Waals surface area (Å²) in [6.07, 6.45) is 2.19. The SMILES string of the molecule is Cc1cc(C)cc(Cn2ccc3c(C)cccc32)c1. The van der Waals surface area contributed by atoms with Crippen LogP contribution in [0.15, 0.2) is 48.7 Å². The molecular formula is C18H19N. The summed E-state index contributed by atoms with van der Waals surface area (Å²) >= 11 is 0. The van der Waals surface area contributed by atoms with Gasteiger partial charge < -0.3 is 4.57 Å². The van der Waals surface area contributed by atoms with E-state index in [9.17, 15) is 0 Å². The zero-order chi connectivity index (χ0) is 13.4. The van der Waals surface area contributed by atoms with Gasteiger partial charge in [-0.15, -0.1) is 0 Å². The van der Waals surface area contributed by atoms with E-state index in [2.05, 4.69) is 74.0 Å². The van der Waals surface area contributed by atoms with Crippen LogP contribution < -0.4 is 0 Å². The summed E-state index contributed by atoms with van der Waals surface area (Å²) in [6, 6.07) is 15.5. The average Bonchev–Trinajstić information content (AvgIpc) is 2.73. The molecule has 0 aliphatic heterocycles. The van der Waals surface area contributed by atoms with Gasteiger partial charge in [-0.1, -0.05) is 41.5 Å². The van der Waals surface area contributed by atoms with Crippen molar-refractivity contribution < 1.29 is 0 Å². The molecule has 3 aromatic rings. The molecule has 0 radical (unpaired) electrons. The van der Waals surface area contributed by atoms with E-state index in [1.54, 1.807) is 0 Å². The summed E-state index contributed by atoms with van der Waals surface area (Å²) < 4.78 is 2.33. The van der Waals surface area contributed by atoms with Gasteiger partial charge >= 0.3 is 0 Å². The molecule has 1 nitrogen and oxygen atoms in total. The van der Waals surface area contributed by atoms with Gasteiger partial charge in [-0.2, -0.15) is 0 Å². The second kappa shape index (κ2) is 4.58. The van der Waals surface area contributed by atoms with Crippen molar-refractivity contribution in [3.63, 3.8) is 0 Å². The second-order valence-electron chi connectivity index (χ2n) is 5.45. The fraction of sp³-hybridized carbons (Fsp3) is 0.222. The molecule has 1 aromatic heterocycles. The van der Waals surface area contributed by atoms with Crippen LogP contribution in [0.1, 0.15) is 22.3 Å². The highest BCUT2D eigenvalue weighted by atomic mass is 14.9. The molecule has 96 valence electrons. The van der Waals surface area contributed by atoms with Crippen LogP contribution in [0.4, 0.5) is 0 Å². The van der Waals surface area contributed by atoms with Crippen LogP contribution in [0.25, 0.3) is 10.9 Å². The van der Waals surface area contributed by atoms with Crippen LogP contribution in [-0.4, -0.2) is 4.57 Å². The highest BCUT2D eigenvalue weighted by molar-refractivity contribution is 5.83. The van der Waals surface area contributed by atoms with E-state index < -0.39 is 0 Å². The normalized spacial score (nSPS) is 11.1. The molecule has 19 heavy (non-hydrogen) atoms. The zero-order valence-corrected chi connectivity index (χ0v) is 11.8. The van der Waals surface area contributed by atoms with Crippen molar-refractivity contribution in [1.82, 2.24) is 4.57 Å². The molecule has 1 heterocycles. The highest BCUT2D eigenvalue weighted by Gasteiger charge is 2.04. The Hall–Kier alpha value is -2.02. The number of nitrogens with zero attached hydrogens (tertiary/aromatic N) is 1. The molecule has 0 spiro atoms. The van der Waals surface area contributed by atoms with E-state index in [0.717, 1.165) is 6.54 Å². The van der Waals surface area contributed by atoms with Gasteiger partial charge in [0.25, 0.3) is 0 Å². The molecule has 0 N–H and O–H groups in total. The highest BCUT2D eigenvalue weighted by Crippen LogP contribution is 2.21. The molecule has 0 amide bonds. The quantitative estimate of drug-likeness (QED) is 0.625. The number of benzene rings is 2. The van der Waals surface area contributed by atoms with Crippen molar-refractivity contribution in [1.29, 1.82) is 0 Å². The first kappa shape index (κ1) is 12.0. The third-order valence-corrected chi connectivity index (χ3v) is 3.67. The number of aromatic nitrogens is 1. The largest absolute Gasteiger partial charge is 0.343 e. The molecule has 0 fully saturated rings. The van der Waals surface area contributed by atoms with Gasteiger partial charge in [0.05, 0.1) is 0 Å². The molecule has 1 heteroatoms. The number of hydrogen-bond donors (Lipinski definition) is 0. The third kappa shape index (κ3) is 2.28. The van der Waals surface area contributed by atoms with Gasteiger partial charge in [-0.25, -0.2) is 0 Å². The van der Waals surface area contributed by atoms with E-state index in [4.69, 9.17) is 0 Å². The molecular weight excluding hydrogens is 230 g/mol. The predicted molar refractivity (Wildman–Crippen MR) is 81.7 cm³/mol. The van der Waals surface area contributed by atoms with Crippen molar-refractivity contribution in [2.75, 3.05) is 0 Å². The van der Waals surface area contributed by atoms with Gasteiger partial charge in [0.1, 0.15) is 0 Å². The van der Waals surface area contributed by atoms with Crippen LogP contribution in [0.3, 0.4) is 0 Å². The van der Waals surface area contributed by atoms with Crippen molar-refractivity contribution in [2.45, 2.75) is 27.3 Å². The van der Waals surface area contributed by atoms with Crippen molar-refractivity contribution in [2.24, 2.45) is 0 Å². The zero-order valence-electron chi connectivity index (χ0n) is 11.8. The lowest BCUT2D eigenvalue weighted by atomic mass is 10.1. The first-order valence-corrected chi connectivity index (χ1v) is 6.75. The van der Waals surface area contributed by atoms with Gasteiger partial charge in [-0.05, 0) is 44.0 Å². The minimum atomic E-state index is 0.940. The van der Waals surface area contributed by atoms with E-state index in [1.165, 1.54) is 33.2 Å². The fourth-order valence-electron chi connectivity index (χ4n) is 2.87. The Bertz CT molecular complexity index is 714. The van der Waals surface area contributed by atoms with E-state index in [0.29, 0.717) is 0 Å². The first-order chi connectivity index (χ1) is 9.13. The minimum Gasteiger partial charge on any atom is -0.343 e. The standard InChI is InChI=1S/C18H19N/c1-13-9-14(2)11-16(10-13)12-19-8-7-17-15(3)5-4-6-18(17)19/h4-11H,12H2,1-3H3. The van der Waals surface area contributed by atoms with Crippen molar-refractivity contribution >= 4 is 10.9 Å². The number of aryl methyl sites for hydroxylation is 3. The van der Waals surface area contributed by atoms with Crippen LogP contribution in [0, 0.1) is 20.8 Å². The lowest BCUT2D eigenvalue weighted by Gasteiger charge is -2.08. The van der Waals surface area contributed by atoms with Crippen LogP contribution >= 0.6 is 0 Å². The van der Waals surface area contributed by atoms with Gasteiger partial charge in [0, 0.05) is 23.6 Å². The predicted octanol–water partition coefficient (Wildman–Crippen LogP) is 4.61. The molecule has 0 unspecified atom stereocenters. The Kier molecular flexibility index (Phi) is 2.90. The van der Waals surface area contributed by atoms with Gasteiger partial charge in [0.2, 0.25) is 0 Å². The van der Waals surface area contributed by atoms with Crippen LogP contribution in [0.2, 0.25) is 0 Å². The maximum absolute atomic E-state index is 2.33. The van der Waals surface area contributed by atoms with Gasteiger partial charge in [-0.3, -0.25) is 0 Å². The van der Waals surface area contributed by atoms with E-state index in [1.807, 2.05) is 0 Å². The molecule has 0 saturated carbocycles.